The molecule has 0 heterocycles. The molecule has 0 aliphatic carbocycles. The number of carbonyl (C=O) groups is 1. The van der Waals surface area contributed by atoms with Gasteiger partial charge in [0.15, 0.2) is 0 Å². The van der Waals surface area contributed by atoms with Crippen molar-refractivity contribution in [3.8, 4) is 11.5 Å². The quantitative estimate of drug-likeness (QED) is 0.358. The number of halogens is 2. The van der Waals surface area contributed by atoms with Crippen LogP contribution in [0.5, 0.6) is 11.5 Å². The first-order valence-corrected chi connectivity index (χ1v) is 10.4. The predicted octanol–water partition coefficient (Wildman–Crippen LogP) is 6.55. The summed E-state index contributed by atoms with van der Waals surface area (Å²) in [5, 5.41) is 3.80. The van der Waals surface area contributed by atoms with E-state index in [0.717, 1.165) is 12.0 Å². The number of benzene rings is 2. The zero-order valence-electron chi connectivity index (χ0n) is 17.3. The lowest BCUT2D eigenvalue weighted by atomic mass is 10.1. The van der Waals surface area contributed by atoms with Gasteiger partial charge in [-0.15, -0.1) is 0 Å². The lowest BCUT2D eigenvalue weighted by Gasteiger charge is -2.10. The highest BCUT2D eigenvalue weighted by atomic mass is 35.5. The Bertz CT molecular complexity index is 973. The SMILES string of the molecule is CCC(C)=C/C=C\C(C(=O)NCc1ccc(Oc2ccc(Cl)c(Cl)c2)cc1)=C(/C)N. The standard InChI is InChI=1S/C24H26Cl2N2O2/c1-4-16(2)6-5-7-21(17(3)27)24(29)28-15-18-8-10-19(11-9-18)30-20-12-13-22(25)23(26)14-20/h5-14H,4,15,27H2,1-3H3,(H,28,29)/b7-5-,16-6?,21-17-. The molecule has 0 saturated carbocycles. The van der Waals surface area contributed by atoms with E-state index in [0.29, 0.717) is 39.4 Å². The van der Waals surface area contributed by atoms with Crippen LogP contribution in [0.3, 0.4) is 0 Å². The average Bonchev–Trinajstić information content (AvgIpc) is 2.72. The Hall–Kier alpha value is -2.69. The third-order valence-corrected chi connectivity index (χ3v) is 5.11. The van der Waals surface area contributed by atoms with E-state index < -0.39 is 0 Å². The third-order valence-electron chi connectivity index (χ3n) is 4.37. The molecule has 0 radical (unpaired) electrons. The first-order valence-electron chi connectivity index (χ1n) is 9.60. The second kappa shape index (κ2) is 11.5. The Kier molecular flexibility index (Phi) is 9.03. The van der Waals surface area contributed by atoms with Gasteiger partial charge in [0.25, 0.3) is 5.91 Å². The number of amides is 1. The van der Waals surface area contributed by atoms with Gasteiger partial charge in [0.2, 0.25) is 0 Å². The monoisotopic (exact) mass is 444 g/mol. The number of rotatable bonds is 8. The summed E-state index contributed by atoms with van der Waals surface area (Å²) < 4.78 is 5.77. The molecule has 1 amide bonds. The number of nitrogens with two attached hydrogens (primary N) is 1. The summed E-state index contributed by atoms with van der Waals surface area (Å²) in [6, 6.07) is 12.5. The Morgan fingerprint density at radius 2 is 1.73 bits per heavy atom. The molecule has 0 aliphatic heterocycles. The van der Waals surface area contributed by atoms with Crippen molar-refractivity contribution in [3.63, 3.8) is 0 Å². The van der Waals surface area contributed by atoms with Gasteiger partial charge in [-0.25, -0.2) is 0 Å². The van der Waals surface area contributed by atoms with E-state index >= 15 is 0 Å². The lowest BCUT2D eigenvalue weighted by Crippen LogP contribution is -2.25. The largest absolute Gasteiger partial charge is 0.457 e. The molecule has 158 valence electrons. The average molecular weight is 445 g/mol. The minimum atomic E-state index is -0.218. The van der Waals surface area contributed by atoms with Crippen LogP contribution < -0.4 is 15.8 Å². The van der Waals surface area contributed by atoms with Crippen LogP contribution in [-0.4, -0.2) is 5.91 Å². The fourth-order valence-electron chi connectivity index (χ4n) is 2.44. The maximum atomic E-state index is 12.5. The molecule has 0 spiro atoms. The minimum absolute atomic E-state index is 0.218. The first-order chi connectivity index (χ1) is 14.3. The Morgan fingerprint density at radius 3 is 2.33 bits per heavy atom. The first kappa shape index (κ1) is 23.6. The number of hydrogen-bond acceptors (Lipinski definition) is 3. The van der Waals surface area contributed by atoms with Crippen LogP contribution in [0.15, 0.2) is 77.5 Å². The highest BCUT2D eigenvalue weighted by Crippen LogP contribution is 2.29. The molecule has 0 aliphatic rings. The van der Waals surface area contributed by atoms with Crippen molar-refractivity contribution >= 4 is 29.1 Å². The molecule has 4 nitrogen and oxygen atoms in total. The Balaban J connectivity index is 1.97. The molecule has 30 heavy (non-hydrogen) atoms. The van der Waals surface area contributed by atoms with Crippen molar-refractivity contribution < 1.29 is 9.53 Å². The van der Waals surface area contributed by atoms with Gasteiger partial charge in [0.1, 0.15) is 11.5 Å². The van der Waals surface area contributed by atoms with Gasteiger partial charge in [0, 0.05) is 18.3 Å². The number of ether oxygens (including phenoxy) is 1. The molecule has 3 N–H and O–H groups in total. The zero-order chi connectivity index (χ0) is 22.1. The molecule has 0 atom stereocenters. The molecular formula is C24H26Cl2N2O2. The molecule has 6 heteroatoms. The maximum absolute atomic E-state index is 12.5. The number of hydrogen-bond donors (Lipinski definition) is 2. The van der Waals surface area contributed by atoms with Crippen LogP contribution in [0.1, 0.15) is 32.8 Å². The molecule has 2 rings (SSSR count). The highest BCUT2D eigenvalue weighted by Gasteiger charge is 2.09. The topological polar surface area (TPSA) is 64.3 Å². The summed E-state index contributed by atoms with van der Waals surface area (Å²) in [6.45, 7) is 6.21. The molecule has 2 aromatic carbocycles. The van der Waals surface area contributed by atoms with Gasteiger partial charge < -0.3 is 15.8 Å². The molecule has 0 bridgehead atoms. The number of allylic oxidation sites excluding steroid dienone is 4. The second-order valence-electron chi connectivity index (χ2n) is 6.83. The zero-order valence-corrected chi connectivity index (χ0v) is 18.8. The third kappa shape index (κ3) is 7.29. The van der Waals surface area contributed by atoms with Gasteiger partial charge in [-0.05, 0) is 56.2 Å². The van der Waals surface area contributed by atoms with Crippen LogP contribution >= 0.6 is 23.2 Å². The van der Waals surface area contributed by atoms with Gasteiger partial charge >= 0.3 is 0 Å². The van der Waals surface area contributed by atoms with Crippen LogP contribution in [0.25, 0.3) is 0 Å². The fraction of sp³-hybridized carbons (Fsp3) is 0.208. The van der Waals surface area contributed by atoms with Crippen LogP contribution in [-0.2, 0) is 11.3 Å². The second-order valence-corrected chi connectivity index (χ2v) is 7.64. The minimum Gasteiger partial charge on any atom is -0.457 e. The van der Waals surface area contributed by atoms with E-state index in [4.69, 9.17) is 33.7 Å². The summed E-state index contributed by atoms with van der Waals surface area (Å²) in [7, 11) is 0. The maximum Gasteiger partial charge on any atom is 0.253 e. The van der Waals surface area contributed by atoms with Crippen molar-refractivity contribution in [1.82, 2.24) is 5.32 Å². The van der Waals surface area contributed by atoms with E-state index in [1.807, 2.05) is 43.3 Å². The smallest absolute Gasteiger partial charge is 0.253 e. The van der Waals surface area contributed by atoms with E-state index in [-0.39, 0.29) is 5.91 Å². The van der Waals surface area contributed by atoms with Crippen LogP contribution in [0, 0.1) is 0 Å². The van der Waals surface area contributed by atoms with Crippen molar-refractivity contribution in [2.75, 3.05) is 0 Å². The lowest BCUT2D eigenvalue weighted by molar-refractivity contribution is -0.117. The summed E-state index contributed by atoms with van der Waals surface area (Å²) in [4.78, 5) is 12.5. The van der Waals surface area contributed by atoms with Crippen molar-refractivity contribution in [2.45, 2.75) is 33.7 Å². The molecule has 0 unspecified atom stereocenters. The summed E-state index contributed by atoms with van der Waals surface area (Å²) in [5.74, 6) is 1.03. The van der Waals surface area contributed by atoms with Crippen LogP contribution in [0.4, 0.5) is 0 Å². The number of carbonyl (C=O) groups excluding carboxylic acids is 1. The van der Waals surface area contributed by atoms with Gasteiger partial charge in [-0.3, -0.25) is 4.79 Å². The highest BCUT2D eigenvalue weighted by molar-refractivity contribution is 6.42. The van der Waals surface area contributed by atoms with Gasteiger partial charge in [-0.2, -0.15) is 0 Å². The molecule has 0 saturated heterocycles. The van der Waals surface area contributed by atoms with Gasteiger partial charge in [0.05, 0.1) is 15.6 Å². The van der Waals surface area contributed by atoms with E-state index in [2.05, 4.69) is 12.2 Å². The predicted molar refractivity (Wildman–Crippen MR) is 125 cm³/mol. The van der Waals surface area contributed by atoms with E-state index in [9.17, 15) is 4.79 Å². The van der Waals surface area contributed by atoms with Crippen molar-refractivity contribution in [3.05, 3.63) is 93.1 Å². The van der Waals surface area contributed by atoms with E-state index in [1.165, 1.54) is 5.57 Å². The summed E-state index contributed by atoms with van der Waals surface area (Å²) in [5.41, 5.74) is 8.96. The molecular weight excluding hydrogens is 419 g/mol. The fourth-order valence-corrected chi connectivity index (χ4v) is 2.73. The normalized spacial score (nSPS) is 12.6. The van der Waals surface area contributed by atoms with Crippen molar-refractivity contribution in [2.24, 2.45) is 5.73 Å². The summed E-state index contributed by atoms with van der Waals surface area (Å²) >= 11 is 11.9. The van der Waals surface area contributed by atoms with Gasteiger partial charge in [-0.1, -0.05) is 60.0 Å². The van der Waals surface area contributed by atoms with Crippen molar-refractivity contribution in [1.29, 1.82) is 0 Å². The molecule has 2 aromatic rings. The number of nitrogens with one attached hydrogen (secondary N) is 1. The molecule has 0 aromatic heterocycles. The summed E-state index contributed by atoms with van der Waals surface area (Å²) in [6.07, 6.45) is 6.52. The van der Waals surface area contributed by atoms with Crippen LogP contribution in [0.2, 0.25) is 10.0 Å². The van der Waals surface area contributed by atoms with E-state index in [1.54, 1.807) is 31.2 Å². The Morgan fingerprint density at radius 1 is 1.07 bits per heavy atom. The molecule has 0 fully saturated rings. The Labute approximate surface area is 188 Å².